The topological polar surface area (TPSA) is 95.7 Å². The van der Waals surface area contributed by atoms with Crippen molar-refractivity contribution in [3.05, 3.63) is 88.6 Å². The number of nitrogens with zero attached hydrogens (tertiary/aromatic N) is 4. The molecule has 3 aromatic heterocycles. The number of pyridine rings is 2. The number of rotatable bonds is 9. The van der Waals surface area contributed by atoms with Crippen LogP contribution >= 0.6 is 0 Å². The van der Waals surface area contributed by atoms with Gasteiger partial charge >= 0.3 is 6.09 Å². The molecule has 1 aliphatic carbocycles. The van der Waals surface area contributed by atoms with Gasteiger partial charge in [0, 0.05) is 47.2 Å². The van der Waals surface area contributed by atoms with Crippen molar-refractivity contribution in [2.75, 3.05) is 6.54 Å². The van der Waals surface area contributed by atoms with Gasteiger partial charge in [0.25, 0.3) is 5.56 Å². The van der Waals surface area contributed by atoms with E-state index in [1.54, 1.807) is 21.4 Å². The SMILES string of the molecule is C=C(OC(C)(C)C)N(Cc1cc2ccc(Cn3ccc4c(C(C)=O)cncc4c3=O)cc2n1C(=O)OC(C)(C)C)CC1CCC1. The van der Waals surface area contributed by atoms with Crippen LogP contribution in [-0.2, 0) is 22.6 Å². The highest BCUT2D eigenvalue weighted by Crippen LogP contribution is 2.31. The number of Topliss-reactive ketones (excluding diaryl/α,β-unsaturated/α-hetero) is 1. The molecule has 0 aliphatic heterocycles. The minimum atomic E-state index is -0.696. The number of ether oxygens (including phenoxy) is 2. The van der Waals surface area contributed by atoms with Gasteiger partial charge in [-0.05, 0) is 97.6 Å². The van der Waals surface area contributed by atoms with Crippen LogP contribution in [0.3, 0.4) is 0 Å². The molecule has 4 aromatic rings. The average Bonchev–Trinajstić information content (AvgIpc) is 3.26. The van der Waals surface area contributed by atoms with Crippen molar-refractivity contribution in [1.82, 2.24) is 19.0 Å². The summed E-state index contributed by atoms with van der Waals surface area (Å²) in [7, 11) is 0. The van der Waals surface area contributed by atoms with Crippen LogP contribution in [0, 0.1) is 5.92 Å². The van der Waals surface area contributed by atoms with Crippen LogP contribution in [-0.4, -0.2) is 48.6 Å². The molecule has 0 radical (unpaired) electrons. The van der Waals surface area contributed by atoms with E-state index in [0.29, 0.717) is 40.2 Å². The van der Waals surface area contributed by atoms with Gasteiger partial charge in [-0.15, -0.1) is 0 Å². The molecule has 1 saturated carbocycles. The Morgan fingerprint density at radius 2 is 1.71 bits per heavy atom. The maximum absolute atomic E-state index is 13.8. The number of hydrogen-bond acceptors (Lipinski definition) is 7. The van der Waals surface area contributed by atoms with Gasteiger partial charge < -0.3 is 18.9 Å². The van der Waals surface area contributed by atoms with Crippen molar-refractivity contribution in [2.24, 2.45) is 5.92 Å². The summed E-state index contributed by atoms with van der Waals surface area (Å²) in [5.41, 5.74) is 1.36. The molecular formula is C36H44N4O5. The van der Waals surface area contributed by atoms with Gasteiger partial charge in [0.2, 0.25) is 0 Å². The Balaban J connectivity index is 1.54. The Labute approximate surface area is 264 Å². The summed E-state index contributed by atoms with van der Waals surface area (Å²) in [5.74, 6) is 0.988. The molecule has 5 rings (SSSR count). The number of aromatic nitrogens is 3. The Morgan fingerprint density at radius 3 is 2.33 bits per heavy atom. The molecule has 0 N–H and O–H groups in total. The highest BCUT2D eigenvalue weighted by Gasteiger charge is 2.28. The van der Waals surface area contributed by atoms with Crippen molar-refractivity contribution in [3.63, 3.8) is 0 Å². The van der Waals surface area contributed by atoms with Crippen molar-refractivity contribution < 1.29 is 19.1 Å². The molecule has 1 fully saturated rings. The molecule has 9 heteroatoms. The minimum absolute atomic E-state index is 0.144. The number of benzene rings is 1. The molecule has 0 spiro atoms. The first-order valence-corrected chi connectivity index (χ1v) is 15.6. The lowest BCUT2D eigenvalue weighted by molar-refractivity contribution is -0.00761. The molecule has 0 bridgehead atoms. The van der Waals surface area contributed by atoms with Crippen molar-refractivity contribution in [1.29, 1.82) is 0 Å². The molecule has 9 nitrogen and oxygen atoms in total. The van der Waals surface area contributed by atoms with Crippen molar-refractivity contribution in [2.45, 2.75) is 92.0 Å². The Morgan fingerprint density at radius 1 is 1.00 bits per heavy atom. The second-order valence-electron chi connectivity index (χ2n) is 14.1. The van der Waals surface area contributed by atoms with Gasteiger partial charge in [0.15, 0.2) is 11.7 Å². The van der Waals surface area contributed by atoms with Crippen LogP contribution < -0.4 is 5.56 Å². The standard InChI is InChI=1S/C36H44N4O5/c1-23(41)30-18-37-19-31-29(30)14-15-38(33(31)42)21-26-12-13-27-17-28(40(32(27)16-26)34(43)45-36(6,7)8)22-39(20-25-10-9-11-25)24(2)44-35(3,4)5/h12-19,25H,2,9-11,20-22H2,1,3-8H3. The predicted molar refractivity (Wildman–Crippen MR) is 176 cm³/mol. The van der Waals surface area contributed by atoms with E-state index in [1.165, 1.54) is 25.7 Å². The van der Waals surface area contributed by atoms with E-state index in [1.807, 2.05) is 65.8 Å². The van der Waals surface area contributed by atoms with Crippen LogP contribution in [0.5, 0.6) is 0 Å². The van der Waals surface area contributed by atoms with Crippen LogP contribution in [0.15, 0.2) is 66.2 Å². The molecule has 0 unspecified atom stereocenters. The van der Waals surface area contributed by atoms with E-state index >= 15 is 0 Å². The zero-order valence-electron chi connectivity index (χ0n) is 27.5. The van der Waals surface area contributed by atoms with E-state index < -0.39 is 17.3 Å². The van der Waals surface area contributed by atoms with Gasteiger partial charge in [0.1, 0.15) is 11.2 Å². The molecule has 0 amide bonds. The lowest BCUT2D eigenvalue weighted by Gasteiger charge is -2.36. The van der Waals surface area contributed by atoms with Crippen molar-refractivity contribution >= 4 is 33.6 Å². The predicted octanol–water partition coefficient (Wildman–Crippen LogP) is 7.27. The third-order valence-electron chi connectivity index (χ3n) is 7.99. The maximum atomic E-state index is 13.8. The average molecular weight is 613 g/mol. The lowest BCUT2D eigenvalue weighted by atomic mass is 9.85. The summed E-state index contributed by atoms with van der Waals surface area (Å²) in [6, 6.07) is 9.64. The number of carbonyl (C=O) groups excluding carboxylic acids is 2. The Bertz CT molecular complexity index is 1830. The maximum Gasteiger partial charge on any atom is 0.419 e. The van der Waals surface area contributed by atoms with Crippen LogP contribution in [0.2, 0.25) is 0 Å². The normalized spacial score (nSPS) is 13.9. The van der Waals surface area contributed by atoms with E-state index in [0.717, 1.165) is 36.0 Å². The zero-order valence-corrected chi connectivity index (χ0v) is 27.5. The van der Waals surface area contributed by atoms with Gasteiger partial charge in [-0.3, -0.25) is 14.6 Å². The number of ketones is 1. The fourth-order valence-corrected chi connectivity index (χ4v) is 5.71. The van der Waals surface area contributed by atoms with Gasteiger partial charge in [-0.1, -0.05) is 18.6 Å². The van der Waals surface area contributed by atoms with E-state index in [-0.39, 0.29) is 17.9 Å². The monoisotopic (exact) mass is 612 g/mol. The second kappa shape index (κ2) is 12.2. The van der Waals surface area contributed by atoms with Gasteiger partial charge in [-0.2, -0.15) is 0 Å². The smallest absolute Gasteiger partial charge is 0.419 e. The highest BCUT2D eigenvalue weighted by molar-refractivity contribution is 6.06. The largest absolute Gasteiger partial charge is 0.474 e. The highest BCUT2D eigenvalue weighted by atomic mass is 16.6. The molecule has 45 heavy (non-hydrogen) atoms. The van der Waals surface area contributed by atoms with Gasteiger partial charge in [-0.25, -0.2) is 9.36 Å². The van der Waals surface area contributed by atoms with Crippen LogP contribution in [0.1, 0.15) is 89.3 Å². The first-order chi connectivity index (χ1) is 21.1. The summed E-state index contributed by atoms with van der Waals surface area (Å²) < 4.78 is 15.3. The van der Waals surface area contributed by atoms with Crippen molar-refractivity contribution in [3.8, 4) is 0 Å². The summed E-state index contributed by atoms with van der Waals surface area (Å²) in [6.45, 7) is 18.8. The Hall–Kier alpha value is -4.40. The molecular weight excluding hydrogens is 568 g/mol. The van der Waals surface area contributed by atoms with Crippen LogP contribution in [0.4, 0.5) is 4.79 Å². The molecule has 3 heterocycles. The lowest BCUT2D eigenvalue weighted by Crippen LogP contribution is -2.36. The number of fused-ring (bicyclic) bond motifs is 2. The first kappa shape index (κ1) is 32.0. The van der Waals surface area contributed by atoms with E-state index in [4.69, 9.17) is 9.47 Å². The fourth-order valence-electron chi connectivity index (χ4n) is 5.71. The van der Waals surface area contributed by atoms with E-state index in [9.17, 15) is 14.4 Å². The molecule has 0 atom stereocenters. The molecule has 1 aliphatic rings. The van der Waals surface area contributed by atoms with Gasteiger partial charge in [0.05, 0.1) is 24.0 Å². The Kier molecular flexibility index (Phi) is 8.66. The minimum Gasteiger partial charge on any atom is -0.474 e. The number of carbonyl (C=O) groups is 2. The second-order valence-corrected chi connectivity index (χ2v) is 14.1. The summed E-state index contributed by atoms with van der Waals surface area (Å²) in [4.78, 5) is 45.5. The summed E-state index contributed by atoms with van der Waals surface area (Å²) in [5, 5.41) is 1.85. The van der Waals surface area contributed by atoms with E-state index in [2.05, 4.69) is 16.5 Å². The van der Waals surface area contributed by atoms with Crippen LogP contribution in [0.25, 0.3) is 21.7 Å². The zero-order chi connectivity index (χ0) is 32.7. The molecule has 1 aromatic carbocycles. The third kappa shape index (κ3) is 7.30. The first-order valence-electron chi connectivity index (χ1n) is 15.6. The quantitative estimate of drug-likeness (QED) is 0.145. The summed E-state index contributed by atoms with van der Waals surface area (Å²) >= 11 is 0. The molecule has 238 valence electrons. The number of hydrogen-bond donors (Lipinski definition) is 0. The fraction of sp³-hybridized carbons (Fsp3) is 0.444. The summed E-state index contributed by atoms with van der Waals surface area (Å²) in [6.07, 6.45) is 7.76. The third-order valence-corrected chi connectivity index (χ3v) is 7.99. The molecule has 0 saturated heterocycles.